The van der Waals surface area contributed by atoms with E-state index in [1.165, 1.54) is 6.07 Å². The van der Waals surface area contributed by atoms with E-state index in [0.29, 0.717) is 23.1 Å². The highest BCUT2D eigenvalue weighted by molar-refractivity contribution is 6.34. The molecule has 0 atom stereocenters. The summed E-state index contributed by atoms with van der Waals surface area (Å²) in [6.07, 6.45) is 0. The Morgan fingerprint density at radius 1 is 1.00 bits per heavy atom. The van der Waals surface area contributed by atoms with Gasteiger partial charge in [-0.15, -0.1) is 0 Å². The maximum Gasteiger partial charge on any atom is 0.269 e. The monoisotopic (exact) mass is 310 g/mol. The fourth-order valence-electron chi connectivity index (χ4n) is 1.84. The lowest BCUT2D eigenvalue weighted by atomic mass is 10.2. The van der Waals surface area contributed by atoms with E-state index < -0.39 is 4.92 Å². The lowest BCUT2D eigenvalue weighted by molar-refractivity contribution is -0.384. The quantitative estimate of drug-likeness (QED) is 0.665. The van der Waals surface area contributed by atoms with Crippen LogP contribution in [0.3, 0.4) is 0 Å². The Labute approximate surface area is 126 Å². The average molecular weight is 311 g/mol. The zero-order valence-corrected chi connectivity index (χ0v) is 12.0. The predicted octanol–water partition coefficient (Wildman–Crippen LogP) is 4.19. The van der Waals surface area contributed by atoms with E-state index in [1.807, 2.05) is 18.2 Å². The van der Waals surface area contributed by atoms with Crippen molar-refractivity contribution in [1.82, 2.24) is 5.32 Å². The van der Waals surface area contributed by atoms with E-state index >= 15 is 0 Å². The van der Waals surface area contributed by atoms with Crippen molar-refractivity contribution in [3.05, 3.63) is 73.8 Å². The Bertz CT molecular complexity index is 612. The van der Waals surface area contributed by atoms with Crippen LogP contribution in [-0.4, -0.2) is 4.92 Å². The van der Waals surface area contributed by atoms with Gasteiger partial charge in [0.15, 0.2) is 0 Å². The lowest BCUT2D eigenvalue weighted by Gasteiger charge is -2.06. The van der Waals surface area contributed by atoms with Crippen LogP contribution in [0.4, 0.5) is 5.69 Å². The Morgan fingerprint density at radius 3 is 2.30 bits per heavy atom. The van der Waals surface area contributed by atoms with Gasteiger partial charge in [0.1, 0.15) is 0 Å². The van der Waals surface area contributed by atoms with Crippen molar-refractivity contribution >= 4 is 28.9 Å². The van der Waals surface area contributed by atoms with Crippen molar-refractivity contribution in [2.75, 3.05) is 0 Å². The molecule has 0 aromatic heterocycles. The fourth-order valence-corrected chi connectivity index (χ4v) is 2.42. The molecular formula is C14H12Cl2N2O2. The van der Waals surface area contributed by atoms with E-state index in [0.717, 1.165) is 11.1 Å². The summed E-state index contributed by atoms with van der Waals surface area (Å²) in [5.41, 5.74) is 1.91. The predicted molar refractivity (Wildman–Crippen MR) is 80.1 cm³/mol. The molecular weight excluding hydrogens is 299 g/mol. The first-order chi connectivity index (χ1) is 9.54. The van der Waals surface area contributed by atoms with E-state index in [4.69, 9.17) is 23.2 Å². The first-order valence-electron chi connectivity index (χ1n) is 5.93. The van der Waals surface area contributed by atoms with Gasteiger partial charge >= 0.3 is 0 Å². The molecule has 4 nitrogen and oxygen atoms in total. The molecule has 1 N–H and O–H groups in total. The summed E-state index contributed by atoms with van der Waals surface area (Å²) < 4.78 is 0. The number of hydrogen-bond donors (Lipinski definition) is 1. The van der Waals surface area contributed by atoms with Gasteiger partial charge in [0.2, 0.25) is 0 Å². The topological polar surface area (TPSA) is 55.2 Å². The van der Waals surface area contributed by atoms with E-state index in [2.05, 4.69) is 5.32 Å². The highest BCUT2D eigenvalue weighted by Crippen LogP contribution is 2.19. The standard InChI is InChI=1S/C14H12Cl2N2O2/c15-12-4-11(5-13(16)7-12)9-17-8-10-2-1-3-14(6-10)18(19)20/h1-7,17H,8-9H2. The first-order valence-corrected chi connectivity index (χ1v) is 6.69. The molecule has 0 amide bonds. The number of nitro benzene ring substituents is 1. The molecule has 0 bridgehead atoms. The fraction of sp³-hybridized carbons (Fsp3) is 0.143. The van der Waals surface area contributed by atoms with Gasteiger partial charge in [-0.2, -0.15) is 0 Å². The van der Waals surface area contributed by atoms with Crippen molar-refractivity contribution in [1.29, 1.82) is 0 Å². The summed E-state index contributed by atoms with van der Waals surface area (Å²) in [7, 11) is 0. The molecule has 0 fully saturated rings. The molecule has 0 aliphatic rings. The third-order valence-electron chi connectivity index (χ3n) is 2.70. The maximum atomic E-state index is 10.7. The van der Waals surface area contributed by atoms with Crippen LogP contribution in [0, 0.1) is 10.1 Å². The van der Waals surface area contributed by atoms with Gasteiger partial charge in [-0.25, -0.2) is 0 Å². The maximum absolute atomic E-state index is 10.7. The van der Waals surface area contributed by atoms with Gasteiger partial charge in [-0.05, 0) is 29.3 Å². The summed E-state index contributed by atoms with van der Waals surface area (Å²) in [4.78, 5) is 10.3. The van der Waals surface area contributed by atoms with E-state index in [1.54, 1.807) is 18.2 Å². The van der Waals surface area contributed by atoms with Gasteiger partial charge < -0.3 is 5.32 Å². The molecule has 0 aliphatic carbocycles. The Hall–Kier alpha value is -1.62. The van der Waals surface area contributed by atoms with Gasteiger partial charge in [0, 0.05) is 35.3 Å². The Morgan fingerprint density at radius 2 is 1.65 bits per heavy atom. The summed E-state index contributed by atoms with van der Waals surface area (Å²) in [5, 5.41) is 15.1. The molecule has 2 aromatic rings. The number of hydrogen-bond acceptors (Lipinski definition) is 3. The van der Waals surface area contributed by atoms with E-state index in [9.17, 15) is 10.1 Å². The van der Waals surface area contributed by atoms with Crippen LogP contribution in [0.25, 0.3) is 0 Å². The summed E-state index contributed by atoms with van der Waals surface area (Å²) in [6.45, 7) is 1.12. The molecule has 0 spiro atoms. The van der Waals surface area contributed by atoms with Crippen LogP contribution in [0.5, 0.6) is 0 Å². The molecule has 0 radical (unpaired) electrons. The number of halogens is 2. The highest BCUT2D eigenvalue weighted by atomic mass is 35.5. The minimum Gasteiger partial charge on any atom is -0.309 e. The zero-order valence-electron chi connectivity index (χ0n) is 10.5. The summed E-state index contributed by atoms with van der Waals surface area (Å²) in [6, 6.07) is 11.9. The van der Waals surface area contributed by atoms with Gasteiger partial charge in [-0.3, -0.25) is 10.1 Å². The molecule has 6 heteroatoms. The van der Waals surface area contributed by atoms with Crippen molar-refractivity contribution < 1.29 is 4.92 Å². The van der Waals surface area contributed by atoms with Crippen molar-refractivity contribution in [3.63, 3.8) is 0 Å². The molecule has 2 aromatic carbocycles. The molecule has 0 unspecified atom stereocenters. The summed E-state index contributed by atoms with van der Waals surface area (Å²) in [5.74, 6) is 0. The second-order valence-electron chi connectivity index (χ2n) is 4.31. The SMILES string of the molecule is O=[N+]([O-])c1cccc(CNCc2cc(Cl)cc(Cl)c2)c1. The van der Waals surface area contributed by atoms with Crippen LogP contribution in [-0.2, 0) is 13.1 Å². The second kappa shape index (κ2) is 6.70. The van der Waals surface area contributed by atoms with Crippen LogP contribution >= 0.6 is 23.2 Å². The Kier molecular flexibility index (Phi) is 4.95. The van der Waals surface area contributed by atoms with Crippen LogP contribution in [0.15, 0.2) is 42.5 Å². The minimum atomic E-state index is -0.403. The molecule has 2 rings (SSSR count). The number of rotatable bonds is 5. The van der Waals surface area contributed by atoms with Crippen molar-refractivity contribution in [2.24, 2.45) is 0 Å². The number of nitrogens with one attached hydrogen (secondary N) is 1. The molecule has 0 heterocycles. The Balaban J connectivity index is 1.95. The van der Waals surface area contributed by atoms with Crippen LogP contribution in [0.1, 0.15) is 11.1 Å². The number of non-ortho nitro benzene ring substituents is 1. The molecule has 0 saturated heterocycles. The van der Waals surface area contributed by atoms with Gasteiger partial charge in [0.05, 0.1) is 4.92 Å². The largest absolute Gasteiger partial charge is 0.309 e. The number of nitrogens with zero attached hydrogens (tertiary/aromatic N) is 1. The zero-order chi connectivity index (χ0) is 14.5. The molecule has 104 valence electrons. The van der Waals surface area contributed by atoms with Crippen LogP contribution < -0.4 is 5.32 Å². The minimum absolute atomic E-state index is 0.0927. The number of nitro groups is 1. The van der Waals surface area contributed by atoms with Gasteiger partial charge in [0.25, 0.3) is 5.69 Å². The average Bonchev–Trinajstić information content (AvgIpc) is 2.38. The lowest BCUT2D eigenvalue weighted by Crippen LogP contribution is -2.12. The van der Waals surface area contributed by atoms with Crippen LogP contribution in [0.2, 0.25) is 10.0 Å². The van der Waals surface area contributed by atoms with Gasteiger partial charge in [-0.1, -0.05) is 35.3 Å². The third-order valence-corrected chi connectivity index (χ3v) is 3.14. The second-order valence-corrected chi connectivity index (χ2v) is 5.18. The smallest absolute Gasteiger partial charge is 0.269 e. The van der Waals surface area contributed by atoms with E-state index in [-0.39, 0.29) is 5.69 Å². The summed E-state index contributed by atoms with van der Waals surface area (Å²) >= 11 is 11.8. The molecule has 0 saturated carbocycles. The third kappa shape index (κ3) is 4.20. The van der Waals surface area contributed by atoms with Crippen molar-refractivity contribution in [3.8, 4) is 0 Å². The highest BCUT2D eigenvalue weighted by Gasteiger charge is 2.05. The molecule has 20 heavy (non-hydrogen) atoms. The first kappa shape index (κ1) is 14.8. The molecule has 0 aliphatic heterocycles. The normalized spacial score (nSPS) is 10.5. The van der Waals surface area contributed by atoms with Crippen molar-refractivity contribution in [2.45, 2.75) is 13.1 Å². The number of benzene rings is 2.